The third kappa shape index (κ3) is 3.96. The van der Waals surface area contributed by atoms with Crippen LogP contribution in [0.15, 0.2) is 42.5 Å². The van der Waals surface area contributed by atoms with Crippen LogP contribution >= 0.6 is 34.8 Å². The van der Waals surface area contributed by atoms with Crippen molar-refractivity contribution in [2.45, 2.75) is 13.0 Å². The van der Waals surface area contributed by atoms with Crippen molar-refractivity contribution in [1.82, 2.24) is 4.98 Å². The molecule has 0 fully saturated rings. The standard InChI is InChI=1S/C18H13Cl3N2O3/c1-9(17(24)23-16-12(20)7-11(19)8-13(16)21)26-18(25)15-6-10-4-2-3-5-14(10)22-15/h2-9,22H,1H3,(H,23,24)/t9-/m0/s1. The minimum Gasteiger partial charge on any atom is -0.448 e. The van der Waals surface area contributed by atoms with Crippen LogP contribution in [0.25, 0.3) is 10.9 Å². The first kappa shape index (κ1) is 18.6. The third-order valence-electron chi connectivity index (χ3n) is 3.66. The molecule has 0 bridgehead atoms. The molecule has 26 heavy (non-hydrogen) atoms. The van der Waals surface area contributed by atoms with Crippen LogP contribution in [0.2, 0.25) is 15.1 Å². The Balaban J connectivity index is 1.70. The summed E-state index contributed by atoms with van der Waals surface area (Å²) in [5.74, 6) is -1.21. The van der Waals surface area contributed by atoms with E-state index in [4.69, 9.17) is 39.5 Å². The highest BCUT2D eigenvalue weighted by Crippen LogP contribution is 2.33. The fourth-order valence-corrected chi connectivity index (χ4v) is 3.26. The number of anilines is 1. The van der Waals surface area contributed by atoms with Crippen LogP contribution in [0.1, 0.15) is 17.4 Å². The van der Waals surface area contributed by atoms with Crippen molar-refractivity contribution in [3.63, 3.8) is 0 Å². The van der Waals surface area contributed by atoms with E-state index in [1.165, 1.54) is 19.1 Å². The maximum absolute atomic E-state index is 12.3. The Bertz CT molecular complexity index is 944. The normalized spacial score (nSPS) is 12.0. The molecular formula is C18H13Cl3N2O3. The first-order valence-electron chi connectivity index (χ1n) is 7.59. The van der Waals surface area contributed by atoms with Gasteiger partial charge in [-0.25, -0.2) is 4.79 Å². The molecule has 3 rings (SSSR count). The van der Waals surface area contributed by atoms with Gasteiger partial charge in [-0.3, -0.25) is 4.79 Å². The van der Waals surface area contributed by atoms with E-state index in [0.717, 1.165) is 10.9 Å². The number of ether oxygens (including phenoxy) is 1. The molecule has 8 heteroatoms. The number of benzene rings is 2. The van der Waals surface area contributed by atoms with Gasteiger partial charge in [0.2, 0.25) is 0 Å². The van der Waals surface area contributed by atoms with Crippen LogP contribution in [0.4, 0.5) is 5.69 Å². The zero-order valence-corrected chi connectivity index (χ0v) is 15.7. The number of H-pyrrole nitrogens is 1. The molecule has 0 aliphatic carbocycles. The number of para-hydroxylation sites is 1. The van der Waals surface area contributed by atoms with Crippen LogP contribution in [-0.2, 0) is 9.53 Å². The van der Waals surface area contributed by atoms with Crippen LogP contribution in [-0.4, -0.2) is 23.0 Å². The molecule has 0 saturated carbocycles. The average molecular weight is 412 g/mol. The molecule has 134 valence electrons. The molecule has 1 amide bonds. The van der Waals surface area contributed by atoms with Gasteiger partial charge >= 0.3 is 5.97 Å². The lowest BCUT2D eigenvalue weighted by molar-refractivity contribution is -0.123. The Morgan fingerprint density at radius 3 is 2.38 bits per heavy atom. The van der Waals surface area contributed by atoms with Crippen molar-refractivity contribution >= 4 is 63.3 Å². The molecule has 5 nitrogen and oxygen atoms in total. The van der Waals surface area contributed by atoms with Crippen molar-refractivity contribution in [3.05, 3.63) is 63.2 Å². The van der Waals surface area contributed by atoms with E-state index in [9.17, 15) is 9.59 Å². The smallest absolute Gasteiger partial charge is 0.355 e. The minimum absolute atomic E-state index is 0.185. The number of amides is 1. The summed E-state index contributed by atoms with van der Waals surface area (Å²) in [5, 5.41) is 4.13. The zero-order valence-electron chi connectivity index (χ0n) is 13.5. The fraction of sp³-hybridized carbons (Fsp3) is 0.111. The van der Waals surface area contributed by atoms with Crippen molar-refractivity contribution in [3.8, 4) is 0 Å². The average Bonchev–Trinajstić information content (AvgIpc) is 3.02. The second-order valence-electron chi connectivity index (χ2n) is 5.55. The molecule has 3 aromatic rings. The van der Waals surface area contributed by atoms with E-state index < -0.39 is 18.0 Å². The Hall–Kier alpha value is -2.21. The Morgan fingerprint density at radius 2 is 1.73 bits per heavy atom. The molecule has 1 atom stereocenters. The quantitative estimate of drug-likeness (QED) is 0.571. The predicted molar refractivity (Wildman–Crippen MR) is 103 cm³/mol. The SMILES string of the molecule is C[C@H](OC(=O)c1cc2ccccc2[nH]1)C(=O)Nc1c(Cl)cc(Cl)cc1Cl. The zero-order chi connectivity index (χ0) is 18.8. The number of rotatable bonds is 4. The highest BCUT2D eigenvalue weighted by atomic mass is 35.5. The summed E-state index contributed by atoms with van der Waals surface area (Å²) >= 11 is 17.9. The van der Waals surface area contributed by atoms with Crippen molar-refractivity contribution in [1.29, 1.82) is 0 Å². The van der Waals surface area contributed by atoms with Crippen molar-refractivity contribution < 1.29 is 14.3 Å². The molecule has 1 heterocycles. The number of halogens is 3. The summed E-state index contributed by atoms with van der Waals surface area (Å²) < 4.78 is 5.21. The lowest BCUT2D eigenvalue weighted by Crippen LogP contribution is -2.30. The molecule has 0 aliphatic heterocycles. The number of fused-ring (bicyclic) bond motifs is 1. The topological polar surface area (TPSA) is 71.2 Å². The van der Waals surface area contributed by atoms with Crippen molar-refractivity contribution in [2.24, 2.45) is 0 Å². The van der Waals surface area contributed by atoms with Gasteiger partial charge in [-0.15, -0.1) is 0 Å². The van der Waals surface area contributed by atoms with Gasteiger partial charge in [0.05, 0.1) is 15.7 Å². The molecular weight excluding hydrogens is 399 g/mol. The molecule has 0 unspecified atom stereocenters. The lowest BCUT2D eigenvalue weighted by Gasteiger charge is -2.15. The van der Waals surface area contributed by atoms with Crippen LogP contribution in [0.3, 0.4) is 0 Å². The number of nitrogens with one attached hydrogen (secondary N) is 2. The van der Waals surface area contributed by atoms with Gasteiger partial charge in [0.1, 0.15) is 5.69 Å². The molecule has 0 aliphatic rings. The maximum atomic E-state index is 12.3. The summed E-state index contributed by atoms with van der Waals surface area (Å²) in [6.07, 6.45) is -1.06. The number of carbonyl (C=O) groups excluding carboxylic acids is 2. The van der Waals surface area contributed by atoms with Crippen LogP contribution in [0, 0.1) is 0 Å². The number of aromatic amines is 1. The first-order valence-corrected chi connectivity index (χ1v) is 8.72. The largest absolute Gasteiger partial charge is 0.448 e. The predicted octanol–water partition coefficient (Wildman–Crippen LogP) is 5.31. The summed E-state index contributed by atoms with van der Waals surface area (Å²) in [6, 6.07) is 12.0. The molecule has 1 aromatic heterocycles. The summed E-state index contributed by atoms with van der Waals surface area (Å²) in [6.45, 7) is 1.45. The van der Waals surface area contributed by atoms with E-state index in [1.54, 1.807) is 6.07 Å². The van der Waals surface area contributed by atoms with E-state index in [2.05, 4.69) is 10.3 Å². The van der Waals surface area contributed by atoms with E-state index in [1.807, 2.05) is 24.3 Å². The second kappa shape index (κ2) is 7.58. The number of aromatic nitrogens is 1. The first-order chi connectivity index (χ1) is 12.3. The third-order valence-corrected chi connectivity index (χ3v) is 4.47. The number of carbonyl (C=O) groups is 2. The van der Waals surface area contributed by atoms with Crippen LogP contribution < -0.4 is 5.32 Å². The van der Waals surface area contributed by atoms with Gasteiger partial charge < -0.3 is 15.0 Å². The summed E-state index contributed by atoms with van der Waals surface area (Å²) in [5.41, 5.74) is 1.26. The van der Waals surface area contributed by atoms with E-state index >= 15 is 0 Å². The number of hydrogen-bond acceptors (Lipinski definition) is 3. The summed E-state index contributed by atoms with van der Waals surface area (Å²) in [4.78, 5) is 27.5. The Labute approximate surface area is 164 Å². The van der Waals surface area contributed by atoms with Gasteiger partial charge in [0, 0.05) is 15.9 Å². The minimum atomic E-state index is -1.06. The highest BCUT2D eigenvalue weighted by Gasteiger charge is 2.22. The van der Waals surface area contributed by atoms with Gasteiger partial charge in [-0.05, 0) is 31.2 Å². The monoisotopic (exact) mass is 410 g/mol. The highest BCUT2D eigenvalue weighted by molar-refractivity contribution is 6.42. The number of hydrogen-bond donors (Lipinski definition) is 2. The van der Waals surface area contributed by atoms with E-state index in [-0.39, 0.29) is 21.4 Å². The van der Waals surface area contributed by atoms with Gasteiger partial charge in [-0.1, -0.05) is 53.0 Å². The Kier molecular flexibility index (Phi) is 5.41. The number of esters is 1. The Morgan fingerprint density at radius 1 is 1.08 bits per heavy atom. The van der Waals surface area contributed by atoms with Gasteiger partial charge in [-0.2, -0.15) is 0 Å². The second-order valence-corrected chi connectivity index (χ2v) is 6.80. The van der Waals surface area contributed by atoms with Crippen molar-refractivity contribution in [2.75, 3.05) is 5.32 Å². The lowest BCUT2D eigenvalue weighted by atomic mass is 10.2. The summed E-state index contributed by atoms with van der Waals surface area (Å²) in [7, 11) is 0. The van der Waals surface area contributed by atoms with Crippen LogP contribution in [0.5, 0.6) is 0 Å². The molecule has 2 aromatic carbocycles. The van der Waals surface area contributed by atoms with E-state index in [0.29, 0.717) is 5.02 Å². The molecule has 0 saturated heterocycles. The fourth-order valence-electron chi connectivity index (χ4n) is 2.35. The maximum Gasteiger partial charge on any atom is 0.355 e. The molecule has 2 N–H and O–H groups in total. The molecule has 0 radical (unpaired) electrons. The van der Waals surface area contributed by atoms with Gasteiger partial charge in [0.15, 0.2) is 6.10 Å². The van der Waals surface area contributed by atoms with Gasteiger partial charge in [0.25, 0.3) is 5.91 Å². The molecule has 0 spiro atoms.